The molecule has 1 aromatic rings. The van der Waals surface area contributed by atoms with Crippen LogP contribution < -0.4 is 4.74 Å². The van der Waals surface area contributed by atoms with Crippen LogP contribution in [0.5, 0.6) is 5.75 Å². The molecule has 0 aromatic heterocycles. The maximum atomic E-state index is 12.8. The predicted molar refractivity (Wildman–Crippen MR) is 45.4 cm³/mol. The molecule has 0 heterocycles. The molecule has 0 saturated carbocycles. The minimum Gasteiger partial charge on any atom is -0.474 e. The summed E-state index contributed by atoms with van der Waals surface area (Å²) in [5, 5.41) is 0. The van der Waals surface area contributed by atoms with Crippen LogP contribution in [0.2, 0.25) is 0 Å². The Morgan fingerprint density at radius 1 is 1.23 bits per heavy atom. The molecule has 0 aliphatic carbocycles. The first kappa shape index (κ1) is 10.2. The van der Waals surface area contributed by atoms with Crippen LogP contribution in [-0.2, 0) is 0 Å². The third kappa shape index (κ3) is 2.30. The second kappa shape index (κ2) is 3.91. The SMILES string of the molecule is CC(S)Oc1c(F)ccc(F)c1F. The predicted octanol–water partition coefficient (Wildman–Crippen LogP) is 2.76. The second-order valence-corrected chi connectivity index (χ2v) is 3.12. The van der Waals surface area contributed by atoms with Crippen LogP contribution in [0.3, 0.4) is 0 Å². The maximum absolute atomic E-state index is 12.8. The van der Waals surface area contributed by atoms with Crippen molar-refractivity contribution in [3.63, 3.8) is 0 Å². The van der Waals surface area contributed by atoms with Gasteiger partial charge in [0, 0.05) is 0 Å². The zero-order valence-electron chi connectivity index (χ0n) is 6.72. The molecular weight excluding hydrogens is 201 g/mol. The Bertz CT molecular complexity index is 315. The summed E-state index contributed by atoms with van der Waals surface area (Å²) >= 11 is 3.76. The fourth-order valence-electron chi connectivity index (χ4n) is 0.787. The van der Waals surface area contributed by atoms with Gasteiger partial charge in [-0.05, 0) is 19.1 Å². The number of benzene rings is 1. The first-order valence-corrected chi connectivity index (χ1v) is 4.02. The third-order valence-corrected chi connectivity index (χ3v) is 1.40. The summed E-state index contributed by atoms with van der Waals surface area (Å²) in [7, 11) is 0. The van der Waals surface area contributed by atoms with Crippen LogP contribution in [0.4, 0.5) is 13.2 Å². The smallest absolute Gasteiger partial charge is 0.203 e. The van der Waals surface area contributed by atoms with Crippen LogP contribution in [0.25, 0.3) is 0 Å². The summed E-state index contributed by atoms with van der Waals surface area (Å²) in [6.07, 6.45) is 0. The third-order valence-electron chi connectivity index (χ3n) is 1.29. The fraction of sp³-hybridized carbons (Fsp3) is 0.250. The number of hydrogen-bond acceptors (Lipinski definition) is 2. The van der Waals surface area contributed by atoms with Gasteiger partial charge in [-0.3, -0.25) is 0 Å². The second-order valence-electron chi connectivity index (χ2n) is 2.39. The molecule has 1 nitrogen and oxygen atoms in total. The molecule has 0 fully saturated rings. The Hall–Kier alpha value is -0.840. The Morgan fingerprint density at radius 2 is 1.77 bits per heavy atom. The molecule has 72 valence electrons. The highest BCUT2D eigenvalue weighted by Crippen LogP contribution is 2.25. The van der Waals surface area contributed by atoms with Gasteiger partial charge >= 0.3 is 0 Å². The summed E-state index contributed by atoms with van der Waals surface area (Å²) in [5.41, 5.74) is -0.703. The van der Waals surface area contributed by atoms with Crippen LogP contribution in [0.1, 0.15) is 6.92 Å². The largest absolute Gasteiger partial charge is 0.474 e. The zero-order valence-corrected chi connectivity index (χ0v) is 7.62. The molecule has 0 saturated heterocycles. The average Bonchev–Trinajstić information content (AvgIpc) is 2.05. The van der Waals surface area contributed by atoms with Crippen molar-refractivity contribution in [2.24, 2.45) is 0 Å². The normalized spacial score (nSPS) is 12.7. The molecule has 1 atom stereocenters. The Morgan fingerprint density at radius 3 is 2.31 bits per heavy atom. The zero-order chi connectivity index (χ0) is 10.0. The van der Waals surface area contributed by atoms with Crippen LogP contribution in [-0.4, -0.2) is 5.44 Å². The van der Waals surface area contributed by atoms with Crippen LogP contribution in [0.15, 0.2) is 12.1 Å². The number of thiol groups is 1. The van der Waals surface area contributed by atoms with Crippen molar-refractivity contribution in [3.05, 3.63) is 29.6 Å². The highest BCUT2D eigenvalue weighted by molar-refractivity contribution is 7.80. The molecule has 0 N–H and O–H groups in total. The van der Waals surface area contributed by atoms with Gasteiger partial charge in [0.25, 0.3) is 0 Å². The van der Waals surface area contributed by atoms with E-state index in [0.29, 0.717) is 6.07 Å². The van der Waals surface area contributed by atoms with E-state index in [-0.39, 0.29) is 0 Å². The Kier molecular flexibility index (Phi) is 3.08. The lowest BCUT2D eigenvalue weighted by Gasteiger charge is -2.10. The molecule has 5 heteroatoms. The van der Waals surface area contributed by atoms with E-state index in [4.69, 9.17) is 0 Å². The Balaban J connectivity index is 3.10. The minimum absolute atomic E-state index is 0.695. The first-order valence-electron chi connectivity index (χ1n) is 3.50. The average molecular weight is 208 g/mol. The van der Waals surface area contributed by atoms with E-state index >= 15 is 0 Å². The molecule has 0 amide bonds. The van der Waals surface area contributed by atoms with Crippen LogP contribution in [0, 0.1) is 17.5 Å². The molecule has 0 bridgehead atoms. The van der Waals surface area contributed by atoms with Crippen molar-refractivity contribution < 1.29 is 17.9 Å². The molecule has 1 rings (SSSR count). The molecule has 13 heavy (non-hydrogen) atoms. The molecule has 1 unspecified atom stereocenters. The highest BCUT2D eigenvalue weighted by atomic mass is 32.1. The summed E-state index contributed by atoms with van der Waals surface area (Å²) in [6.45, 7) is 1.47. The van der Waals surface area contributed by atoms with Gasteiger partial charge in [-0.1, -0.05) is 0 Å². The molecule has 0 aliphatic rings. The quantitative estimate of drug-likeness (QED) is 0.446. The van der Waals surface area contributed by atoms with E-state index in [0.717, 1.165) is 6.07 Å². The monoisotopic (exact) mass is 208 g/mol. The number of halogens is 3. The first-order chi connectivity index (χ1) is 6.02. The number of hydrogen-bond donors (Lipinski definition) is 1. The standard InChI is InChI=1S/C8H7F3OS/c1-4(13)12-8-6(10)3-2-5(9)7(8)11/h2-4,13H,1H3. The van der Waals surface area contributed by atoms with Crippen molar-refractivity contribution >= 4 is 12.6 Å². The molecule has 0 aliphatic heterocycles. The number of rotatable bonds is 2. The van der Waals surface area contributed by atoms with Crippen molar-refractivity contribution in [1.29, 1.82) is 0 Å². The van der Waals surface area contributed by atoms with Crippen LogP contribution >= 0.6 is 12.6 Å². The summed E-state index contributed by atoms with van der Waals surface area (Å²) in [6, 6.07) is 1.49. The summed E-state index contributed by atoms with van der Waals surface area (Å²) < 4.78 is 42.9. The molecule has 0 spiro atoms. The van der Waals surface area contributed by atoms with E-state index in [2.05, 4.69) is 17.4 Å². The van der Waals surface area contributed by atoms with Gasteiger partial charge < -0.3 is 4.74 Å². The molecular formula is C8H7F3OS. The minimum atomic E-state index is -1.33. The van der Waals surface area contributed by atoms with E-state index < -0.39 is 28.6 Å². The molecule has 0 radical (unpaired) electrons. The summed E-state index contributed by atoms with van der Waals surface area (Å²) in [4.78, 5) is 0. The van der Waals surface area contributed by atoms with Crippen molar-refractivity contribution in [1.82, 2.24) is 0 Å². The lowest BCUT2D eigenvalue weighted by Crippen LogP contribution is -2.07. The topological polar surface area (TPSA) is 9.23 Å². The fourth-order valence-corrected chi connectivity index (χ4v) is 0.892. The lowest BCUT2D eigenvalue weighted by atomic mass is 10.3. The molecule has 1 aromatic carbocycles. The van der Waals surface area contributed by atoms with E-state index in [1.54, 1.807) is 0 Å². The number of ether oxygens (including phenoxy) is 1. The van der Waals surface area contributed by atoms with Crippen molar-refractivity contribution in [2.45, 2.75) is 12.4 Å². The van der Waals surface area contributed by atoms with Gasteiger partial charge in [0.15, 0.2) is 17.4 Å². The maximum Gasteiger partial charge on any atom is 0.203 e. The lowest BCUT2D eigenvalue weighted by molar-refractivity contribution is 0.271. The van der Waals surface area contributed by atoms with Gasteiger partial charge in [0.1, 0.15) is 5.44 Å². The van der Waals surface area contributed by atoms with E-state index in [1.165, 1.54) is 6.92 Å². The van der Waals surface area contributed by atoms with Crippen molar-refractivity contribution in [2.75, 3.05) is 0 Å². The van der Waals surface area contributed by atoms with Crippen molar-refractivity contribution in [3.8, 4) is 5.75 Å². The van der Waals surface area contributed by atoms with Gasteiger partial charge in [-0.15, -0.1) is 12.6 Å². The van der Waals surface area contributed by atoms with Gasteiger partial charge in [-0.2, -0.15) is 4.39 Å². The summed E-state index contributed by atoms with van der Waals surface area (Å²) in [5.74, 6) is -4.16. The Labute approximate surface area is 78.9 Å². The van der Waals surface area contributed by atoms with Gasteiger partial charge in [-0.25, -0.2) is 8.78 Å². The van der Waals surface area contributed by atoms with E-state index in [9.17, 15) is 13.2 Å². The highest BCUT2D eigenvalue weighted by Gasteiger charge is 2.16. The van der Waals surface area contributed by atoms with E-state index in [1.807, 2.05) is 0 Å². The van der Waals surface area contributed by atoms with Gasteiger partial charge in [0.2, 0.25) is 5.82 Å². The van der Waals surface area contributed by atoms with Gasteiger partial charge in [0.05, 0.1) is 0 Å².